The number of rotatable bonds is 12. The van der Waals surface area contributed by atoms with E-state index in [0.717, 1.165) is 27.2 Å². The van der Waals surface area contributed by atoms with Crippen LogP contribution in [0.15, 0.2) is 82.2 Å². The van der Waals surface area contributed by atoms with Gasteiger partial charge in [0.1, 0.15) is 12.6 Å². The summed E-state index contributed by atoms with van der Waals surface area (Å²) in [7, 11) is -4.18. The molecule has 3 rings (SSSR count). The zero-order valence-corrected chi connectivity index (χ0v) is 25.5. The van der Waals surface area contributed by atoms with Crippen molar-refractivity contribution in [3.8, 4) is 0 Å². The highest BCUT2D eigenvalue weighted by molar-refractivity contribution is 9.10. The molecular weight excluding hydrogens is 625 g/mol. The summed E-state index contributed by atoms with van der Waals surface area (Å²) in [5.41, 5.74) is 0.956. The summed E-state index contributed by atoms with van der Waals surface area (Å²) < 4.78 is 29.4. The predicted octanol–water partition coefficient (Wildman–Crippen LogP) is 6.28. The van der Waals surface area contributed by atoms with Gasteiger partial charge in [-0.15, -0.1) is 0 Å². The molecule has 0 bridgehead atoms. The van der Waals surface area contributed by atoms with Crippen molar-refractivity contribution < 1.29 is 18.0 Å². The molecule has 0 saturated heterocycles. The van der Waals surface area contributed by atoms with E-state index in [4.69, 9.17) is 23.2 Å². The number of unbranched alkanes of at least 4 members (excludes halogenated alkanes) is 1. The lowest BCUT2D eigenvalue weighted by atomic mass is 10.1. The van der Waals surface area contributed by atoms with Gasteiger partial charge in [-0.1, -0.05) is 82.8 Å². The van der Waals surface area contributed by atoms with E-state index in [1.807, 2.05) is 31.2 Å². The molecule has 0 aliphatic carbocycles. The number of benzene rings is 3. The Hall–Kier alpha value is -2.59. The molecule has 0 aromatic heterocycles. The van der Waals surface area contributed by atoms with Gasteiger partial charge in [-0.3, -0.25) is 13.9 Å². The molecule has 3 aromatic carbocycles. The van der Waals surface area contributed by atoms with Crippen LogP contribution < -0.4 is 9.62 Å². The number of hydrogen-bond acceptors (Lipinski definition) is 4. The molecule has 2 amide bonds. The molecule has 0 unspecified atom stereocenters. The highest BCUT2D eigenvalue weighted by Crippen LogP contribution is 2.31. The average Bonchev–Trinajstić information content (AvgIpc) is 2.93. The van der Waals surface area contributed by atoms with Gasteiger partial charge in [0.15, 0.2) is 0 Å². The van der Waals surface area contributed by atoms with Crippen LogP contribution in [0.3, 0.4) is 0 Å². The third kappa shape index (κ3) is 8.20. The van der Waals surface area contributed by atoms with Crippen LogP contribution in [0.25, 0.3) is 0 Å². The monoisotopic (exact) mass is 653 g/mol. The number of nitrogens with zero attached hydrogens (tertiary/aromatic N) is 2. The van der Waals surface area contributed by atoms with Crippen molar-refractivity contribution >= 4 is 66.7 Å². The zero-order valence-electron chi connectivity index (χ0n) is 21.6. The van der Waals surface area contributed by atoms with E-state index < -0.39 is 28.5 Å². The van der Waals surface area contributed by atoms with Crippen LogP contribution in [-0.2, 0) is 26.2 Å². The van der Waals surface area contributed by atoms with Crippen LogP contribution in [0.4, 0.5) is 5.69 Å². The quantitative estimate of drug-likeness (QED) is 0.233. The Morgan fingerprint density at radius 1 is 0.974 bits per heavy atom. The molecular formula is C28H30BrCl2N3O4S. The van der Waals surface area contributed by atoms with Gasteiger partial charge in [-0.25, -0.2) is 8.42 Å². The number of sulfonamides is 1. The third-order valence-electron chi connectivity index (χ3n) is 6.06. The van der Waals surface area contributed by atoms with Gasteiger partial charge < -0.3 is 10.2 Å². The van der Waals surface area contributed by atoms with Gasteiger partial charge in [0, 0.05) is 17.6 Å². The van der Waals surface area contributed by atoms with Crippen molar-refractivity contribution in [2.75, 3.05) is 17.4 Å². The summed E-state index contributed by atoms with van der Waals surface area (Å²) in [6.45, 7) is 3.68. The molecule has 0 fully saturated rings. The Kier molecular flexibility index (Phi) is 11.2. The Morgan fingerprint density at radius 3 is 2.26 bits per heavy atom. The molecule has 0 spiro atoms. The van der Waals surface area contributed by atoms with Crippen molar-refractivity contribution in [3.63, 3.8) is 0 Å². The summed E-state index contributed by atoms with van der Waals surface area (Å²) in [6.07, 6.45) is 1.71. The normalized spacial score (nSPS) is 12.0. The summed E-state index contributed by atoms with van der Waals surface area (Å²) in [5.74, 6) is -0.873. The second-order valence-electron chi connectivity index (χ2n) is 8.89. The van der Waals surface area contributed by atoms with E-state index in [0.29, 0.717) is 6.54 Å². The smallest absolute Gasteiger partial charge is 0.264 e. The van der Waals surface area contributed by atoms with Crippen LogP contribution in [-0.4, -0.2) is 44.3 Å². The number of amides is 2. The Bertz CT molecular complexity index is 1390. The maximum Gasteiger partial charge on any atom is 0.264 e. The second kappa shape index (κ2) is 14.2. The first-order valence-corrected chi connectivity index (χ1v) is 15.4. The summed E-state index contributed by atoms with van der Waals surface area (Å²) in [5, 5.41) is 3.26. The fourth-order valence-corrected chi connectivity index (χ4v) is 5.78. The average molecular weight is 655 g/mol. The van der Waals surface area contributed by atoms with Crippen LogP contribution in [0.1, 0.15) is 32.3 Å². The molecule has 11 heteroatoms. The molecule has 1 atom stereocenters. The molecule has 0 heterocycles. The SMILES string of the molecule is CCCCNC(=O)[C@H](C)N(Cc1ccc(Br)cc1)C(=O)CN(c1ccc(Cl)c(Cl)c1)S(=O)(=O)c1ccccc1. The molecule has 0 aliphatic rings. The first-order chi connectivity index (χ1) is 18.5. The topological polar surface area (TPSA) is 86.8 Å². The Labute approximate surface area is 248 Å². The molecule has 208 valence electrons. The molecule has 39 heavy (non-hydrogen) atoms. The van der Waals surface area contributed by atoms with Crippen molar-refractivity contribution in [3.05, 3.63) is 92.9 Å². The lowest BCUT2D eigenvalue weighted by Crippen LogP contribution is -2.51. The standard InChI is InChI=1S/C28H30BrCl2N3O4S/c1-3-4-16-32-28(36)20(2)33(18-21-10-12-22(29)13-11-21)27(35)19-34(23-14-15-25(30)26(31)17-23)39(37,38)24-8-6-5-7-9-24/h5-15,17,20H,3-4,16,18-19H2,1-2H3,(H,32,36)/t20-/m0/s1. The number of hydrogen-bond donors (Lipinski definition) is 1. The predicted molar refractivity (Wildman–Crippen MR) is 160 cm³/mol. The van der Waals surface area contributed by atoms with Crippen molar-refractivity contribution in [1.29, 1.82) is 0 Å². The zero-order chi connectivity index (χ0) is 28.6. The van der Waals surface area contributed by atoms with Crippen LogP contribution >= 0.6 is 39.1 Å². The first-order valence-electron chi connectivity index (χ1n) is 12.4. The minimum Gasteiger partial charge on any atom is -0.354 e. The van der Waals surface area contributed by atoms with E-state index in [-0.39, 0.29) is 33.1 Å². The van der Waals surface area contributed by atoms with Crippen molar-refractivity contribution in [2.24, 2.45) is 0 Å². The van der Waals surface area contributed by atoms with Crippen LogP contribution in [0.5, 0.6) is 0 Å². The number of carbonyl (C=O) groups excluding carboxylic acids is 2. The Morgan fingerprint density at radius 2 is 1.64 bits per heavy atom. The van der Waals surface area contributed by atoms with Gasteiger partial charge in [0.2, 0.25) is 11.8 Å². The van der Waals surface area contributed by atoms with Crippen LogP contribution in [0, 0.1) is 0 Å². The molecule has 0 radical (unpaired) electrons. The Balaban J connectivity index is 2.00. The highest BCUT2D eigenvalue weighted by Gasteiger charge is 2.32. The highest BCUT2D eigenvalue weighted by atomic mass is 79.9. The lowest BCUT2D eigenvalue weighted by molar-refractivity contribution is -0.139. The molecule has 3 aromatic rings. The van der Waals surface area contributed by atoms with Gasteiger partial charge in [-0.05, 0) is 61.4 Å². The number of halogens is 3. The largest absolute Gasteiger partial charge is 0.354 e. The van der Waals surface area contributed by atoms with E-state index in [1.165, 1.54) is 35.2 Å². The van der Waals surface area contributed by atoms with Crippen molar-refractivity contribution in [1.82, 2.24) is 10.2 Å². The van der Waals surface area contributed by atoms with E-state index in [2.05, 4.69) is 21.2 Å². The van der Waals surface area contributed by atoms with Crippen LogP contribution in [0.2, 0.25) is 10.0 Å². The summed E-state index contributed by atoms with van der Waals surface area (Å²) in [6, 6.07) is 18.7. The van der Waals surface area contributed by atoms with E-state index >= 15 is 0 Å². The maximum atomic E-state index is 13.9. The maximum absolute atomic E-state index is 13.9. The fraction of sp³-hybridized carbons (Fsp3) is 0.286. The van der Waals surface area contributed by atoms with E-state index in [1.54, 1.807) is 25.1 Å². The third-order valence-corrected chi connectivity index (χ3v) is 9.12. The lowest BCUT2D eigenvalue weighted by Gasteiger charge is -2.32. The van der Waals surface area contributed by atoms with Gasteiger partial charge in [0.05, 0.1) is 20.6 Å². The van der Waals surface area contributed by atoms with Gasteiger partial charge >= 0.3 is 0 Å². The minimum atomic E-state index is -4.18. The molecule has 7 nitrogen and oxygen atoms in total. The summed E-state index contributed by atoms with van der Waals surface area (Å²) in [4.78, 5) is 28.3. The van der Waals surface area contributed by atoms with E-state index in [9.17, 15) is 18.0 Å². The first kappa shape index (κ1) is 30.9. The molecule has 0 aliphatic heterocycles. The van der Waals surface area contributed by atoms with Crippen molar-refractivity contribution in [2.45, 2.75) is 44.2 Å². The number of carbonyl (C=O) groups is 2. The number of nitrogens with one attached hydrogen (secondary N) is 1. The minimum absolute atomic E-state index is 0.00805. The molecule has 0 saturated carbocycles. The molecule has 1 N–H and O–H groups in total. The fourth-order valence-electron chi connectivity index (χ4n) is 3.79. The number of anilines is 1. The summed E-state index contributed by atoms with van der Waals surface area (Å²) >= 11 is 15.7. The second-order valence-corrected chi connectivity index (χ2v) is 12.5. The van der Waals surface area contributed by atoms with Gasteiger partial charge in [-0.2, -0.15) is 0 Å². The van der Waals surface area contributed by atoms with Gasteiger partial charge in [0.25, 0.3) is 10.0 Å².